The summed E-state index contributed by atoms with van der Waals surface area (Å²) in [6, 6.07) is 0. The summed E-state index contributed by atoms with van der Waals surface area (Å²) in [5.41, 5.74) is 3.40. The van der Waals surface area contributed by atoms with Crippen molar-refractivity contribution in [3.8, 4) is 0 Å². The molecule has 0 fully saturated rings. The minimum absolute atomic E-state index is 0.905. The first kappa shape index (κ1) is 14.5. The summed E-state index contributed by atoms with van der Waals surface area (Å²) in [6.45, 7) is 10.5. The van der Waals surface area contributed by atoms with Crippen LogP contribution in [0.5, 0.6) is 0 Å². The molecule has 0 aromatic carbocycles. The van der Waals surface area contributed by atoms with E-state index in [4.69, 9.17) is 0 Å². The normalized spacial score (nSPS) is 10.8. The Balaban J connectivity index is 2.32. The second kappa shape index (κ2) is 7.67. The van der Waals surface area contributed by atoms with Crippen molar-refractivity contribution in [3.05, 3.63) is 17.0 Å². The summed E-state index contributed by atoms with van der Waals surface area (Å²) < 4.78 is 0. The molecule has 0 aliphatic heterocycles. The molecule has 0 aliphatic rings. The number of rotatable bonds is 7. The molecule has 0 bridgehead atoms. The lowest BCUT2D eigenvalue weighted by atomic mass is 10.2. The van der Waals surface area contributed by atoms with Gasteiger partial charge in [0.15, 0.2) is 5.16 Å². The number of thioether (sulfide) groups is 1. The van der Waals surface area contributed by atoms with Crippen LogP contribution < -0.4 is 5.32 Å². The lowest BCUT2D eigenvalue weighted by molar-refractivity contribution is 0.666. The monoisotopic (exact) mass is 253 g/mol. The van der Waals surface area contributed by atoms with Crippen molar-refractivity contribution in [2.24, 2.45) is 0 Å². The molecule has 3 nitrogen and oxygen atoms in total. The summed E-state index contributed by atoms with van der Waals surface area (Å²) in [5.74, 6) is 1.03. The van der Waals surface area contributed by atoms with Gasteiger partial charge in [-0.1, -0.05) is 25.1 Å². The zero-order chi connectivity index (χ0) is 12.7. The number of hydrogen-bond acceptors (Lipinski definition) is 4. The van der Waals surface area contributed by atoms with E-state index in [-0.39, 0.29) is 0 Å². The van der Waals surface area contributed by atoms with E-state index in [1.54, 1.807) is 11.8 Å². The van der Waals surface area contributed by atoms with E-state index in [1.165, 1.54) is 18.4 Å². The third-order valence-corrected chi connectivity index (χ3v) is 3.68. The molecule has 0 amide bonds. The molecule has 1 aromatic heterocycles. The molecule has 0 radical (unpaired) electrons. The predicted octanol–water partition coefficient (Wildman–Crippen LogP) is 2.88. The zero-order valence-electron chi connectivity index (χ0n) is 11.3. The summed E-state index contributed by atoms with van der Waals surface area (Å²) in [6.07, 6.45) is 2.50. The van der Waals surface area contributed by atoms with Crippen molar-refractivity contribution in [3.63, 3.8) is 0 Å². The second-order valence-electron chi connectivity index (χ2n) is 4.25. The molecule has 1 N–H and O–H groups in total. The first-order chi connectivity index (χ1) is 8.15. The van der Waals surface area contributed by atoms with E-state index < -0.39 is 0 Å². The van der Waals surface area contributed by atoms with Crippen molar-refractivity contribution >= 4 is 11.8 Å². The van der Waals surface area contributed by atoms with Crippen molar-refractivity contribution in [2.75, 3.05) is 18.8 Å². The van der Waals surface area contributed by atoms with Crippen molar-refractivity contribution in [1.82, 2.24) is 15.3 Å². The van der Waals surface area contributed by atoms with Crippen molar-refractivity contribution < 1.29 is 0 Å². The molecular weight excluding hydrogens is 230 g/mol. The lowest BCUT2D eigenvalue weighted by Gasteiger charge is -2.07. The summed E-state index contributed by atoms with van der Waals surface area (Å²) in [7, 11) is 0. The highest BCUT2D eigenvalue weighted by molar-refractivity contribution is 7.99. The molecule has 4 heteroatoms. The van der Waals surface area contributed by atoms with Crippen LogP contribution in [-0.4, -0.2) is 28.8 Å². The van der Waals surface area contributed by atoms with Gasteiger partial charge in [-0.2, -0.15) is 0 Å². The Kier molecular flexibility index (Phi) is 6.52. The average molecular weight is 253 g/mol. The number of aromatic nitrogens is 2. The van der Waals surface area contributed by atoms with E-state index >= 15 is 0 Å². The van der Waals surface area contributed by atoms with Gasteiger partial charge < -0.3 is 5.32 Å². The first-order valence-electron chi connectivity index (χ1n) is 6.30. The van der Waals surface area contributed by atoms with E-state index in [1.807, 2.05) is 13.8 Å². The number of nitrogens with zero attached hydrogens (tertiary/aromatic N) is 2. The van der Waals surface area contributed by atoms with E-state index in [2.05, 4.69) is 29.1 Å². The Morgan fingerprint density at radius 1 is 1.06 bits per heavy atom. The molecule has 0 aliphatic carbocycles. The van der Waals surface area contributed by atoms with Crippen LogP contribution in [-0.2, 0) is 0 Å². The molecule has 0 atom stereocenters. The van der Waals surface area contributed by atoms with Crippen LogP contribution in [0.4, 0.5) is 0 Å². The Labute approximate surface area is 109 Å². The number of nitrogens with one attached hydrogen (secondary N) is 1. The van der Waals surface area contributed by atoms with Crippen molar-refractivity contribution in [1.29, 1.82) is 0 Å². The smallest absolute Gasteiger partial charge is 0.188 e. The predicted molar refractivity (Wildman–Crippen MR) is 74.7 cm³/mol. The highest BCUT2D eigenvalue weighted by Crippen LogP contribution is 2.16. The van der Waals surface area contributed by atoms with E-state index in [0.29, 0.717) is 0 Å². The molecule has 0 saturated carbocycles. The highest BCUT2D eigenvalue weighted by Gasteiger charge is 2.04. The van der Waals surface area contributed by atoms with E-state index in [0.717, 1.165) is 35.4 Å². The van der Waals surface area contributed by atoms with Gasteiger partial charge in [0.25, 0.3) is 0 Å². The molecule has 0 spiro atoms. The summed E-state index contributed by atoms with van der Waals surface area (Å²) >= 11 is 1.73. The number of hydrogen-bond donors (Lipinski definition) is 1. The van der Waals surface area contributed by atoms with Crippen LogP contribution in [0.25, 0.3) is 0 Å². The van der Waals surface area contributed by atoms with Crippen LogP contribution >= 0.6 is 11.8 Å². The SMILES string of the molecule is CCCCNCCSc1nc(C)c(C)c(C)n1. The van der Waals surface area contributed by atoms with Crippen LogP contribution in [0.2, 0.25) is 0 Å². The maximum absolute atomic E-state index is 4.49. The quantitative estimate of drug-likeness (QED) is 0.461. The third kappa shape index (κ3) is 5.04. The van der Waals surface area contributed by atoms with E-state index in [9.17, 15) is 0 Å². The second-order valence-corrected chi connectivity index (χ2v) is 5.32. The number of aryl methyl sites for hydroxylation is 2. The van der Waals surface area contributed by atoms with Gasteiger partial charge in [-0.05, 0) is 39.3 Å². The van der Waals surface area contributed by atoms with Gasteiger partial charge in [0.05, 0.1) is 0 Å². The minimum atomic E-state index is 0.905. The summed E-state index contributed by atoms with van der Waals surface area (Å²) in [5, 5.41) is 4.33. The van der Waals surface area contributed by atoms with Gasteiger partial charge in [-0.3, -0.25) is 0 Å². The minimum Gasteiger partial charge on any atom is -0.316 e. The Morgan fingerprint density at radius 2 is 1.71 bits per heavy atom. The molecule has 1 rings (SSSR count). The number of unbranched alkanes of at least 4 members (excludes halogenated alkanes) is 1. The van der Waals surface area contributed by atoms with Gasteiger partial charge in [0, 0.05) is 23.7 Å². The standard InChI is InChI=1S/C13H23N3S/c1-5-6-7-14-8-9-17-13-15-11(3)10(2)12(4)16-13/h14H,5-9H2,1-4H3. The van der Waals surface area contributed by atoms with Gasteiger partial charge in [0.1, 0.15) is 0 Å². The lowest BCUT2D eigenvalue weighted by Crippen LogP contribution is -2.18. The van der Waals surface area contributed by atoms with Crippen molar-refractivity contribution in [2.45, 2.75) is 45.7 Å². The van der Waals surface area contributed by atoms with Crippen LogP contribution in [0, 0.1) is 20.8 Å². The van der Waals surface area contributed by atoms with Gasteiger partial charge in [-0.15, -0.1) is 0 Å². The molecule has 1 heterocycles. The zero-order valence-corrected chi connectivity index (χ0v) is 12.2. The topological polar surface area (TPSA) is 37.8 Å². The fourth-order valence-corrected chi connectivity index (χ4v) is 2.28. The van der Waals surface area contributed by atoms with Crippen LogP contribution in [0.3, 0.4) is 0 Å². The fraction of sp³-hybridized carbons (Fsp3) is 0.692. The molecule has 17 heavy (non-hydrogen) atoms. The largest absolute Gasteiger partial charge is 0.316 e. The molecule has 0 unspecified atom stereocenters. The molecular formula is C13H23N3S. The van der Waals surface area contributed by atoms with Gasteiger partial charge in [0.2, 0.25) is 0 Å². The Bertz CT molecular complexity index is 330. The third-order valence-electron chi connectivity index (χ3n) is 2.83. The van der Waals surface area contributed by atoms with Crippen LogP contribution in [0.1, 0.15) is 36.7 Å². The fourth-order valence-electron chi connectivity index (χ4n) is 1.45. The maximum Gasteiger partial charge on any atom is 0.188 e. The molecule has 1 aromatic rings. The summed E-state index contributed by atoms with van der Waals surface area (Å²) in [4.78, 5) is 8.98. The Morgan fingerprint density at radius 3 is 2.29 bits per heavy atom. The van der Waals surface area contributed by atoms with Gasteiger partial charge in [-0.25, -0.2) is 9.97 Å². The maximum atomic E-state index is 4.49. The average Bonchev–Trinajstić information content (AvgIpc) is 2.30. The van der Waals surface area contributed by atoms with Gasteiger partial charge >= 0.3 is 0 Å². The van der Waals surface area contributed by atoms with Crippen LogP contribution in [0.15, 0.2) is 5.16 Å². The highest BCUT2D eigenvalue weighted by atomic mass is 32.2. The molecule has 0 saturated heterocycles. The first-order valence-corrected chi connectivity index (χ1v) is 7.29. The molecule has 96 valence electrons. The Hall–Kier alpha value is -0.610.